The molecule has 0 unspecified atom stereocenters. The molecule has 3 fully saturated rings. The minimum atomic E-state index is -1.72. The van der Waals surface area contributed by atoms with Crippen LogP contribution in [-0.2, 0) is 33.2 Å². The summed E-state index contributed by atoms with van der Waals surface area (Å²) in [7, 11) is 1.21. The number of aliphatic hydroxyl groups excluding tert-OH is 9. The van der Waals surface area contributed by atoms with Crippen LogP contribution in [0.15, 0.2) is 0 Å². The van der Waals surface area contributed by atoms with Crippen molar-refractivity contribution in [3.05, 3.63) is 0 Å². The summed E-state index contributed by atoms with van der Waals surface area (Å²) in [4.78, 5) is 11.7. The smallest absolute Gasteiger partial charge is 0.217 e. The van der Waals surface area contributed by atoms with E-state index in [1.807, 2.05) is 0 Å². The maximum Gasteiger partial charge on any atom is 0.217 e. The molecule has 3 rings (SSSR count). The van der Waals surface area contributed by atoms with E-state index in [9.17, 15) is 50.8 Å². The molecule has 17 heteroatoms. The maximum atomic E-state index is 11.7. The highest BCUT2D eigenvalue weighted by Gasteiger charge is 2.49. The number of carbonyl (C=O) groups excluding carboxylic acids is 1. The Morgan fingerprint density at radius 3 is 1.63 bits per heavy atom. The standard InChI is InChI=1S/C21H37NO16/c1-6(24)22-10-14(28)12(26)8(5-35-21-18(32)15(29)11(25)7(3-23)36-21)37-19(10)34-4-9-13(27)16(30)17(31)20(33-2)38-9/h7-21,23,25-32H,3-5H2,1-2H3,(H,22,24)/t7-,8-,9-,10-,11-,12-,13-,14-,15+,16+,17-,18-,19-,20+,21-/m1/s1. The number of methoxy groups -OCH3 is 1. The monoisotopic (exact) mass is 559 g/mol. The second-order valence-corrected chi connectivity index (χ2v) is 9.36. The van der Waals surface area contributed by atoms with Crippen molar-refractivity contribution in [3.63, 3.8) is 0 Å². The number of hydrogen-bond acceptors (Lipinski definition) is 16. The van der Waals surface area contributed by atoms with Gasteiger partial charge in [0.05, 0.1) is 19.8 Å². The van der Waals surface area contributed by atoms with E-state index in [0.29, 0.717) is 0 Å². The predicted molar refractivity (Wildman–Crippen MR) is 118 cm³/mol. The Balaban J connectivity index is 1.68. The molecule has 0 bridgehead atoms. The summed E-state index contributed by atoms with van der Waals surface area (Å²) in [6.45, 7) is -0.564. The van der Waals surface area contributed by atoms with Crippen molar-refractivity contribution in [1.29, 1.82) is 0 Å². The van der Waals surface area contributed by atoms with Gasteiger partial charge in [-0.25, -0.2) is 0 Å². The fourth-order valence-corrected chi connectivity index (χ4v) is 4.43. The van der Waals surface area contributed by atoms with Crippen LogP contribution >= 0.6 is 0 Å². The third-order valence-corrected chi connectivity index (χ3v) is 6.67. The van der Waals surface area contributed by atoms with Gasteiger partial charge in [-0.2, -0.15) is 0 Å². The molecule has 0 aromatic rings. The SMILES string of the molecule is CO[C@H]1O[C@H](CO[C@@H]2O[C@H](CO[C@@H]3O[C@H](CO)[C@@H](O)[C@H](O)[C@H]3O)[C@@H](O)[C@H](O)[C@H]2NC(C)=O)[C@@H](O)[C@H](O)[C@H]1O. The topological polar surface area (TPSA) is 267 Å². The van der Waals surface area contributed by atoms with Crippen LogP contribution in [0.25, 0.3) is 0 Å². The van der Waals surface area contributed by atoms with Gasteiger partial charge in [-0.1, -0.05) is 0 Å². The quantitative estimate of drug-likeness (QED) is 0.126. The molecular weight excluding hydrogens is 522 g/mol. The Morgan fingerprint density at radius 2 is 1.11 bits per heavy atom. The second kappa shape index (κ2) is 13.5. The van der Waals surface area contributed by atoms with Crippen molar-refractivity contribution in [3.8, 4) is 0 Å². The van der Waals surface area contributed by atoms with Crippen LogP contribution in [0.2, 0.25) is 0 Å². The average Bonchev–Trinajstić information content (AvgIpc) is 2.89. The van der Waals surface area contributed by atoms with E-state index in [4.69, 9.17) is 28.4 Å². The summed E-state index contributed by atoms with van der Waals surface area (Å²) in [5.74, 6) is -0.596. The molecule has 0 saturated carbocycles. The van der Waals surface area contributed by atoms with E-state index >= 15 is 0 Å². The summed E-state index contributed by atoms with van der Waals surface area (Å²) < 4.78 is 32.3. The third kappa shape index (κ3) is 6.77. The zero-order chi connectivity index (χ0) is 28.3. The predicted octanol–water partition coefficient (Wildman–Crippen LogP) is -6.78. The summed E-state index contributed by atoms with van der Waals surface area (Å²) in [5, 5.41) is 93.1. The van der Waals surface area contributed by atoms with E-state index in [1.165, 1.54) is 7.11 Å². The molecule has 3 heterocycles. The van der Waals surface area contributed by atoms with Crippen LogP contribution in [0.5, 0.6) is 0 Å². The van der Waals surface area contributed by atoms with Gasteiger partial charge in [-0.15, -0.1) is 0 Å². The largest absolute Gasteiger partial charge is 0.394 e. The maximum absolute atomic E-state index is 11.7. The van der Waals surface area contributed by atoms with Gasteiger partial charge in [-0.05, 0) is 0 Å². The van der Waals surface area contributed by atoms with Gasteiger partial charge in [0.15, 0.2) is 18.9 Å². The summed E-state index contributed by atoms with van der Waals surface area (Å²) in [6.07, 6.45) is -21.2. The Kier molecular flexibility index (Phi) is 11.1. The Bertz CT molecular complexity index is 759. The summed E-state index contributed by atoms with van der Waals surface area (Å²) >= 11 is 0. The van der Waals surface area contributed by atoms with Gasteiger partial charge in [0, 0.05) is 14.0 Å². The minimum absolute atomic E-state index is 0.478. The molecule has 3 saturated heterocycles. The summed E-state index contributed by atoms with van der Waals surface area (Å²) in [6, 6.07) is -1.31. The van der Waals surface area contributed by atoms with Gasteiger partial charge < -0.3 is 79.7 Å². The first kappa shape index (κ1) is 31.4. The summed E-state index contributed by atoms with van der Waals surface area (Å²) in [5.41, 5.74) is 0. The van der Waals surface area contributed by atoms with Crippen molar-refractivity contribution >= 4 is 5.91 Å². The normalized spacial score (nSPS) is 48.0. The molecule has 0 aromatic carbocycles. The molecule has 0 aliphatic carbocycles. The van der Waals surface area contributed by atoms with Crippen molar-refractivity contribution in [2.75, 3.05) is 26.9 Å². The van der Waals surface area contributed by atoms with Crippen molar-refractivity contribution in [2.24, 2.45) is 0 Å². The molecule has 222 valence electrons. The van der Waals surface area contributed by atoms with Gasteiger partial charge in [0.1, 0.15) is 73.2 Å². The highest BCUT2D eigenvalue weighted by molar-refractivity contribution is 5.73. The van der Waals surface area contributed by atoms with Crippen molar-refractivity contribution < 1.29 is 79.2 Å². The van der Waals surface area contributed by atoms with Crippen LogP contribution in [0.3, 0.4) is 0 Å². The molecule has 10 N–H and O–H groups in total. The fourth-order valence-electron chi connectivity index (χ4n) is 4.43. The van der Waals surface area contributed by atoms with Crippen LogP contribution < -0.4 is 5.32 Å². The average molecular weight is 560 g/mol. The van der Waals surface area contributed by atoms with Crippen LogP contribution in [0.4, 0.5) is 0 Å². The van der Waals surface area contributed by atoms with Crippen LogP contribution in [0.1, 0.15) is 6.92 Å². The lowest BCUT2D eigenvalue weighted by molar-refractivity contribution is -0.330. The first-order valence-corrected chi connectivity index (χ1v) is 12.0. The van der Waals surface area contributed by atoms with E-state index in [-0.39, 0.29) is 0 Å². The molecule has 0 radical (unpaired) electrons. The molecule has 3 aliphatic heterocycles. The fraction of sp³-hybridized carbons (Fsp3) is 0.952. The Morgan fingerprint density at radius 1 is 0.658 bits per heavy atom. The zero-order valence-corrected chi connectivity index (χ0v) is 20.7. The molecule has 17 nitrogen and oxygen atoms in total. The first-order valence-electron chi connectivity index (χ1n) is 12.0. The number of amides is 1. The van der Waals surface area contributed by atoms with Gasteiger partial charge in [-0.3, -0.25) is 4.79 Å². The zero-order valence-electron chi connectivity index (χ0n) is 20.7. The molecule has 15 atom stereocenters. The van der Waals surface area contributed by atoms with Crippen LogP contribution in [0, 0.1) is 0 Å². The highest BCUT2D eigenvalue weighted by atomic mass is 16.7. The number of hydrogen-bond donors (Lipinski definition) is 10. The molecule has 0 spiro atoms. The van der Waals surface area contributed by atoms with Gasteiger partial charge in [0.25, 0.3) is 0 Å². The van der Waals surface area contributed by atoms with Crippen molar-refractivity contribution in [2.45, 2.75) is 99.0 Å². The van der Waals surface area contributed by atoms with Gasteiger partial charge in [0.2, 0.25) is 5.91 Å². The number of nitrogens with one attached hydrogen (secondary N) is 1. The van der Waals surface area contributed by atoms with Crippen LogP contribution in [-0.4, -0.2) is 171 Å². The van der Waals surface area contributed by atoms with E-state index in [0.717, 1.165) is 6.92 Å². The van der Waals surface area contributed by atoms with E-state index < -0.39 is 118 Å². The Hall–Kier alpha value is -1.13. The lowest BCUT2D eigenvalue weighted by Gasteiger charge is -2.45. The van der Waals surface area contributed by atoms with E-state index in [2.05, 4.69) is 5.32 Å². The lowest BCUT2D eigenvalue weighted by Crippen LogP contribution is -2.66. The molecule has 38 heavy (non-hydrogen) atoms. The molecular formula is C21H37NO16. The van der Waals surface area contributed by atoms with E-state index in [1.54, 1.807) is 0 Å². The number of rotatable bonds is 9. The number of aliphatic hydroxyl groups is 9. The number of ether oxygens (including phenoxy) is 6. The first-order chi connectivity index (χ1) is 17.9. The minimum Gasteiger partial charge on any atom is -0.394 e. The van der Waals surface area contributed by atoms with Gasteiger partial charge >= 0.3 is 0 Å². The molecule has 3 aliphatic rings. The molecule has 1 amide bonds. The third-order valence-electron chi connectivity index (χ3n) is 6.67. The highest BCUT2D eigenvalue weighted by Crippen LogP contribution is 2.28. The lowest BCUT2D eigenvalue weighted by atomic mass is 9.96. The molecule has 0 aromatic heterocycles. The number of carbonyl (C=O) groups is 1. The Labute approximate surface area is 217 Å². The van der Waals surface area contributed by atoms with Crippen molar-refractivity contribution in [1.82, 2.24) is 5.32 Å². The second-order valence-electron chi connectivity index (χ2n) is 9.36.